The SMILES string of the molecule is CC(=O)N1CCN(c2cnnc(NC3CCS(=O)(=O)C3)n2)CC1. The van der Waals surface area contributed by atoms with Crippen LogP contribution in [0.4, 0.5) is 11.8 Å². The molecule has 3 rings (SSSR count). The number of nitrogens with one attached hydrogen (secondary N) is 1. The number of aromatic nitrogens is 3. The van der Waals surface area contributed by atoms with Crippen molar-refractivity contribution in [2.24, 2.45) is 0 Å². The van der Waals surface area contributed by atoms with Gasteiger partial charge in [-0.3, -0.25) is 4.79 Å². The lowest BCUT2D eigenvalue weighted by Gasteiger charge is -2.34. The second-order valence-electron chi connectivity index (χ2n) is 5.88. The minimum absolute atomic E-state index is 0.0789. The molecule has 0 saturated carbocycles. The first kappa shape index (κ1) is 15.9. The van der Waals surface area contributed by atoms with Crippen LogP contribution in [0.25, 0.3) is 0 Å². The summed E-state index contributed by atoms with van der Waals surface area (Å²) in [6, 6.07) is -0.161. The molecule has 0 aromatic carbocycles. The summed E-state index contributed by atoms with van der Waals surface area (Å²) in [5.74, 6) is 1.42. The molecule has 1 unspecified atom stereocenters. The highest BCUT2D eigenvalue weighted by atomic mass is 32.2. The summed E-state index contributed by atoms with van der Waals surface area (Å²) < 4.78 is 23.0. The second-order valence-corrected chi connectivity index (χ2v) is 8.10. The zero-order valence-electron chi connectivity index (χ0n) is 13.0. The van der Waals surface area contributed by atoms with E-state index in [0.29, 0.717) is 44.4 Å². The van der Waals surface area contributed by atoms with Crippen molar-refractivity contribution in [2.75, 3.05) is 47.9 Å². The van der Waals surface area contributed by atoms with Crippen molar-refractivity contribution in [3.05, 3.63) is 6.20 Å². The van der Waals surface area contributed by atoms with Crippen LogP contribution < -0.4 is 10.2 Å². The predicted molar refractivity (Wildman–Crippen MR) is 85.0 cm³/mol. The van der Waals surface area contributed by atoms with Crippen LogP contribution in [0, 0.1) is 0 Å². The quantitative estimate of drug-likeness (QED) is 0.757. The van der Waals surface area contributed by atoms with Gasteiger partial charge in [0, 0.05) is 39.1 Å². The van der Waals surface area contributed by atoms with Gasteiger partial charge in [0.1, 0.15) is 0 Å². The Labute approximate surface area is 135 Å². The van der Waals surface area contributed by atoms with E-state index in [0.717, 1.165) is 0 Å². The number of sulfone groups is 1. The third kappa shape index (κ3) is 3.87. The van der Waals surface area contributed by atoms with Crippen LogP contribution in [0.15, 0.2) is 6.20 Å². The molecule has 1 aromatic heterocycles. The van der Waals surface area contributed by atoms with Crippen LogP contribution in [-0.4, -0.2) is 78.1 Å². The Balaban J connectivity index is 1.63. The molecule has 0 aliphatic carbocycles. The van der Waals surface area contributed by atoms with E-state index < -0.39 is 9.84 Å². The molecule has 1 aromatic rings. The van der Waals surface area contributed by atoms with Crippen LogP contribution in [0.1, 0.15) is 13.3 Å². The number of anilines is 2. The number of carbonyl (C=O) groups excluding carboxylic acids is 1. The van der Waals surface area contributed by atoms with Crippen LogP contribution in [0.3, 0.4) is 0 Å². The third-order valence-corrected chi connectivity index (χ3v) is 5.93. The molecule has 2 fully saturated rings. The molecule has 126 valence electrons. The number of hydrogen-bond donors (Lipinski definition) is 1. The Morgan fingerprint density at radius 1 is 1.30 bits per heavy atom. The van der Waals surface area contributed by atoms with Gasteiger partial charge < -0.3 is 15.1 Å². The summed E-state index contributed by atoms with van der Waals surface area (Å²) in [4.78, 5) is 19.6. The zero-order valence-corrected chi connectivity index (χ0v) is 13.8. The molecule has 0 bridgehead atoms. The molecular weight excluding hydrogens is 320 g/mol. The Morgan fingerprint density at radius 2 is 2.04 bits per heavy atom. The first-order valence-electron chi connectivity index (χ1n) is 7.60. The lowest BCUT2D eigenvalue weighted by atomic mass is 10.3. The standard InChI is InChI=1S/C13H20N6O3S/c1-10(20)18-3-5-19(6-4-18)12-8-14-17-13(16-12)15-11-2-7-23(21,22)9-11/h8,11H,2-7,9H2,1H3,(H,15,16,17). The Bertz CT molecular complexity index is 687. The fourth-order valence-corrected chi connectivity index (χ4v) is 4.52. The van der Waals surface area contributed by atoms with E-state index >= 15 is 0 Å². The van der Waals surface area contributed by atoms with E-state index in [-0.39, 0.29) is 23.5 Å². The average molecular weight is 340 g/mol. The molecule has 2 aliphatic rings. The summed E-state index contributed by atoms with van der Waals surface area (Å²) in [5, 5.41) is 10.9. The van der Waals surface area contributed by atoms with Gasteiger partial charge in [-0.2, -0.15) is 10.1 Å². The van der Waals surface area contributed by atoms with Crippen molar-refractivity contribution in [3.63, 3.8) is 0 Å². The van der Waals surface area contributed by atoms with Gasteiger partial charge in [-0.25, -0.2) is 8.42 Å². The summed E-state index contributed by atoms with van der Waals surface area (Å²) in [7, 11) is -2.95. The molecule has 1 N–H and O–H groups in total. The van der Waals surface area contributed by atoms with Gasteiger partial charge >= 0.3 is 0 Å². The minimum Gasteiger partial charge on any atom is -0.352 e. The molecular formula is C13H20N6O3S. The molecule has 0 radical (unpaired) electrons. The summed E-state index contributed by atoms with van der Waals surface area (Å²) in [5.41, 5.74) is 0. The highest BCUT2D eigenvalue weighted by Crippen LogP contribution is 2.17. The molecule has 1 atom stereocenters. The van der Waals surface area contributed by atoms with E-state index in [1.54, 1.807) is 18.0 Å². The first-order chi connectivity index (χ1) is 10.9. The molecule has 2 saturated heterocycles. The maximum atomic E-state index is 11.5. The van der Waals surface area contributed by atoms with Gasteiger partial charge in [0.15, 0.2) is 15.7 Å². The van der Waals surface area contributed by atoms with Crippen LogP contribution >= 0.6 is 0 Å². The maximum Gasteiger partial charge on any atom is 0.244 e. The smallest absolute Gasteiger partial charge is 0.244 e. The van der Waals surface area contributed by atoms with Crippen LogP contribution in [0.2, 0.25) is 0 Å². The Morgan fingerprint density at radius 3 is 2.65 bits per heavy atom. The zero-order chi connectivity index (χ0) is 16.4. The normalized spacial score (nSPS) is 23.8. The molecule has 10 heteroatoms. The number of rotatable bonds is 3. The number of amides is 1. The lowest BCUT2D eigenvalue weighted by Crippen LogP contribution is -2.48. The minimum atomic E-state index is -2.95. The van der Waals surface area contributed by atoms with E-state index in [4.69, 9.17) is 0 Å². The fraction of sp³-hybridized carbons (Fsp3) is 0.692. The van der Waals surface area contributed by atoms with Crippen LogP contribution in [0.5, 0.6) is 0 Å². The van der Waals surface area contributed by atoms with Gasteiger partial charge in [-0.15, -0.1) is 5.10 Å². The van der Waals surface area contributed by atoms with Crippen molar-refractivity contribution in [1.82, 2.24) is 20.1 Å². The lowest BCUT2D eigenvalue weighted by molar-refractivity contribution is -0.129. The van der Waals surface area contributed by atoms with Gasteiger partial charge in [-0.1, -0.05) is 0 Å². The average Bonchev–Trinajstić information content (AvgIpc) is 2.86. The Hall–Kier alpha value is -1.97. The van der Waals surface area contributed by atoms with Crippen molar-refractivity contribution in [2.45, 2.75) is 19.4 Å². The van der Waals surface area contributed by atoms with Gasteiger partial charge in [0.05, 0.1) is 17.7 Å². The maximum absolute atomic E-state index is 11.5. The summed E-state index contributed by atoms with van der Waals surface area (Å²) in [6.07, 6.45) is 2.15. The molecule has 9 nitrogen and oxygen atoms in total. The van der Waals surface area contributed by atoms with Gasteiger partial charge in [-0.05, 0) is 6.42 Å². The van der Waals surface area contributed by atoms with E-state index in [1.165, 1.54) is 0 Å². The second kappa shape index (κ2) is 6.26. The van der Waals surface area contributed by atoms with Crippen molar-refractivity contribution < 1.29 is 13.2 Å². The third-order valence-electron chi connectivity index (χ3n) is 4.16. The Kier molecular flexibility index (Phi) is 4.33. The van der Waals surface area contributed by atoms with Crippen molar-refractivity contribution in [1.29, 1.82) is 0 Å². The van der Waals surface area contributed by atoms with Crippen molar-refractivity contribution >= 4 is 27.5 Å². The molecule has 3 heterocycles. The van der Waals surface area contributed by atoms with Gasteiger partial charge in [0.25, 0.3) is 0 Å². The topological polar surface area (TPSA) is 108 Å². The summed E-state index contributed by atoms with van der Waals surface area (Å²) >= 11 is 0. The first-order valence-corrected chi connectivity index (χ1v) is 9.42. The van der Waals surface area contributed by atoms with Gasteiger partial charge in [0.2, 0.25) is 11.9 Å². The number of piperazine rings is 1. The van der Waals surface area contributed by atoms with E-state index in [2.05, 4.69) is 20.5 Å². The monoisotopic (exact) mass is 340 g/mol. The highest BCUT2D eigenvalue weighted by molar-refractivity contribution is 7.91. The molecule has 2 aliphatic heterocycles. The molecule has 0 spiro atoms. The largest absolute Gasteiger partial charge is 0.352 e. The van der Waals surface area contributed by atoms with Crippen molar-refractivity contribution in [3.8, 4) is 0 Å². The number of nitrogens with zero attached hydrogens (tertiary/aromatic N) is 5. The fourth-order valence-electron chi connectivity index (χ4n) is 2.85. The van der Waals surface area contributed by atoms with E-state index in [1.807, 2.05) is 4.90 Å². The molecule has 1 amide bonds. The molecule has 23 heavy (non-hydrogen) atoms. The number of hydrogen-bond acceptors (Lipinski definition) is 8. The van der Waals surface area contributed by atoms with E-state index in [9.17, 15) is 13.2 Å². The highest BCUT2D eigenvalue weighted by Gasteiger charge is 2.28. The summed E-state index contributed by atoms with van der Waals surface area (Å²) in [6.45, 7) is 4.26. The number of carbonyl (C=O) groups is 1. The van der Waals surface area contributed by atoms with Crippen LogP contribution in [-0.2, 0) is 14.6 Å². The predicted octanol–water partition coefficient (Wildman–Crippen LogP) is -0.861.